The molecule has 2 amide bonds. The van der Waals surface area contributed by atoms with Crippen molar-refractivity contribution in [3.63, 3.8) is 0 Å². The van der Waals surface area contributed by atoms with Gasteiger partial charge in [-0.05, 0) is 24.1 Å². The zero-order chi connectivity index (χ0) is 16.2. The van der Waals surface area contributed by atoms with Crippen LogP contribution in [0, 0.1) is 6.92 Å². The number of aryl methyl sites for hydroxylation is 1. The highest BCUT2D eigenvalue weighted by Gasteiger charge is 2.24. The van der Waals surface area contributed by atoms with Crippen molar-refractivity contribution in [3.05, 3.63) is 70.8 Å². The minimum atomic E-state index is -0.0390. The summed E-state index contributed by atoms with van der Waals surface area (Å²) in [6.07, 6.45) is 0.376. The summed E-state index contributed by atoms with van der Waals surface area (Å²) >= 11 is 0. The van der Waals surface area contributed by atoms with Crippen LogP contribution in [0.5, 0.6) is 0 Å². The Hall–Kier alpha value is -2.62. The van der Waals surface area contributed by atoms with Gasteiger partial charge in [-0.2, -0.15) is 0 Å². The van der Waals surface area contributed by atoms with Gasteiger partial charge in [-0.1, -0.05) is 48.0 Å². The lowest BCUT2D eigenvalue weighted by Crippen LogP contribution is -2.40. The first-order chi connectivity index (χ1) is 11.1. The fourth-order valence-electron chi connectivity index (χ4n) is 2.85. The average Bonchev–Trinajstić information content (AvgIpc) is 2.57. The van der Waals surface area contributed by atoms with Gasteiger partial charge in [0.25, 0.3) is 5.91 Å². The van der Waals surface area contributed by atoms with Crippen molar-refractivity contribution < 1.29 is 9.59 Å². The molecule has 4 heteroatoms. The first kappa shape index (κ1) is 15.3. The Kier molecular flexibility index (Phi) is 4.42. The lowest BCUT2D eigenvalue weighted by molar-refractivity contribution is -0.120. The van der Waals surface area contributed by atoms with E-state index in [0.29, 0.717) is 25.1 Å². The summed E-state index contributed by atoms with van der Waals surface area (Å²) in [5.41, 5.74) is 3.90. The van der Waals surface area contributed by atoms with E-state index < -0.39 is 0 Å². The van der Waals surface area contributed by atoms with Crippen molar-refractivity contribution in [3.8, 4) is 0 Å². The van der Waals surface area contributed by atoms with E-state index in [2.05, 4.69) is 10.6 Å². The van der Waals surface area contributed by atoms with E-state index in [4.69, 9.17) is 0 Å². The number of rotatable bonds is 4. The highest BCUT2D eigenvalue weighted by atomic mass is 16.2. The molecule has 1 heterocycles. The Morgan fingerprint density at radius 2 is 1.91 bits per heavy atom. The number of amides is 2. The van der Waals surface area contributed by atoms with Gasteiger partial charge in [0.2, 0.25) is 5.91 Å². The van der Waals surface area contributed by atoms with Crippen LogP contribution >= 0.6 is 0 Å². The highest BCUT2D eigenvalue weighted by Crippen LogP contribution is 2.23. The van der Waals surface area contributed by atoms with E-state index >= 15 is 0 Å². The van der Waals surface area contributed by atoms with Gasteiger partial charge in [0, 0.05) is 24.6 Å². The molecule has 2 aromatic carbocycles. The predicted molar refractivity (Wildman–Crippen MR) is 89.4 cm³/mol. The van der Waals surface area contributed by atoms with Crippen LogP contribution < -0.4 is 10.6 Å². The minimum absolute atomic E-state index is 0.00299. The number of hydrogen-bond donors (Lipinski definition) is 2. The number of nitrogens with one attached hydrogen (secondary N) is 2. The molecule has 0 saturated heterocycles. The number of benzene rings is 2. The van der Waals surface area contributed by atoms with Gasteiger partial charge in [0.1, 0.15) is 0 Å². The third kappa shape index (κ3) is 3.59. The molecular formula is C19H20N2O2. The zero-order valence-corrected chi connectivity index (χ0v) is 13.1. The van der Waals surface area contributed by atoms with Gasteiger partial charge >= 0.3 is 0 Å². The molecule has 0 aliphatic carbocycles. The van der Waals surface area contributed by atoms with E-state index in [-0.39, 0.29) is 17.7 Å². The Labute approximate surface area is 135 Å². The van der Waals surface area contributed by atoms with E-state index in [1.165, 1.54) is 5.56 Å². The third-order valence-corrected chi connectivity index (χ3v) is 4.19. The maximum atomic E-state index is 12.1. The van der Waals surface area contributed by atoms with Gasteiger partial charge in [-0.15, -0.1) is 0 Å². The number of hydrogen-bond acceptors (Lipinski definition) is 2. The van der Waals surface area contributed by atoms with Crippen molar-refractivity contribution in [1.82, 2.24) is 10.6 Å². The quantitative estimate of drug-likeness (QED) is 0.909. The lowest BCUT2D eigenvalue weighted by Gasteiger charge is -2.25. The van der Waals surface area contributed by atoms with Crippen LogP contribution in [0.4, 0.5) is 0 Å². The first-order valence-corrected chi connectivity index (χ1v) is 7.83. The molecule has 0 aromatic heterocycles. The lowest BCUT2D eigenvalue weighted by atomic mass is 9.90. The van der Waals surface area contributed by atoms with Crippen molar-refractivity contribution in [2.45, 2.75) is 19.3 Å². The molecular weight excluding hydrogens is 288 g/mol. The number of carbonyl (C=O) groups is 2. The molecule has 1 unspecified atom stereocenters. The predicted octanol–water partition coefficient (Wildman–Crippen LogP) is 2.18. The maximum absolute atomic E-state index is 12.1. The van der Waals surface area contributed by atoms with E-state index in [9.17, 15) is 9.59 Å². The average molecular weight is 308 g/mol. The van der Waals surface area contributed by atoms with Crippen LogP contribution in [0.2, 0.25) is 0 Å². The standard InChI is InChI=1S/C19H20N2O2/c1-13-6-8-14(9-7-13)10-18(22)20-11-15-12-21-19(23)17-5-3-2-4-16(15)17/h2-9,15H,10-12H2,1H3,(H,20,22)(H,21,23). The van der Waals surface area contributed by atoms with Crippen molar-refractivity contribution >= 4 is 11.8 Å². The fraction of sp³-hybridized carbons (Fsp3) is 0.263. The smallest absolute Gasteiger partial charge is 0.251 e. The van der Waals surface area contributed by atoms with Gasteiger partial charge in [0.15, 0.2) is 0 Å². The molecule has 2 N–H and O–H groups in total. The second kappa shape index (κ2) is 6.65. The molecule has 118 valence electrons. The summed E-state index contributed by atoms with van der Waals surface area (Å²) in [5.74, 6) is 0.0805. The van der Waals surface area contributed by atoms with Crippen LogP contribution in [-0.4, -0.2) is 24.9 Å². The highest BCUT2D eigenvalue weighted by molar-refractivity contribution is 5.97. The Bertz CT molecular complexity index is 722. The fourth-order valence-corrected chi connectivity index (χ4v) is 2.85. The summed E-state index contributed by atoms with van der Waals surface area (Å²) in [5, 5.41) is 5.86. The largest absolute Gasteiger partial charge is 0.355 e. The topological polar surface area (TPSA) is 58.2 Å². The molecule has 0 bridgehead atoms. The summed E-state index contributed by atoms with van der Waals surface area (Å²) in [6, 6.07) is 15.5. The summed E-state index contributed by atoms with van der Waals surface area (Å²) in [6.45, 7) is 3.11. The Morgan fingerprint density at radius 3 is 2.70 bits per heavy atom. The maximum Gasteiger partial charge on any atom is 0.251 e. The molecule has 4 nitrogen and oxygen atoms in total. The molecule has 0 fully saturated rings. The monoisotopic (exact) mass is 308 g/mol. The summed E-state index contributed by atoms with van der Waals surface area (Å²) in [7, 11) is 0. The SMILES string of the molecule is Cc1ccc(CC(=O)NCC2CNC(=O)c3ccccc32)cc1. The van der Waals surface area contributed by atoms with E-state index in [1.54, 1.807) is 0 Å². The molecule has 0 spiro atoms. The van der Waals surface area contributed by atoms with Crippen molar-refractivity contribution in [2.75, 3.05) is 13.1 Å². The second-order valence-electron chi connectivity index (χ2n) is 5.96. The van der Waals surface area contributed by atoms with Gasteiger partial charge in [-0.3, -0.25) is 9.59 Å². The minimum Gasteiger partial charge on any atom is -0.355 e. The Morgan fingerprint density at radius 1 is 1.17 bits per heavy atom. The van der Waals surface area contributed by atoms with Crippen molar-refractivity contribution in [1.29, 1.82) is 0 Å². The molecule has 1 aliphatic heterocycles. The normalized spacial score (nSPS) is 16.4. The molecule has 3 rings (SSSR count). The van der Waals surface area contributed by atoms with Crippen molar-refractivity contribution in [2.24, 2.45) is 0 Å². The second-order valence-corrected chi connectivity index (χ2v) is 5.96. The molecule has 1 aliphatic rings. The zero-order valence-electron chi connectivity index (χ0n) is 13.1. The van der Waals surface area contributed by atoms with Crippen LogP contribution in [0.15, 0.2) is 48.5 Å². The summed E-state index contributed by atoms with van der Waals surface area (Å²) < 4.78 is 0. The summed E-state index contributed by atoms with van der Waals surface area (Å²) in [4.78, 5) is 24.0. The molecule has 0 radical (unpaired) electrons. The Balaban J connectivity index is 1.60. The van der Waals surface area contributed by atoms with Crippen LogP contribution in [0.25, 0.3) is 0 Å². The van der Waals surface area contributed by atoms with E-state index in [0.717, 1.165) is 11.1 Å². The molecule has 1 atom stereocenters. The first-order valence-electron chi connectivity index (χ1n) is 7.83. The number of fused-ring (bicyclic) bond motifs is 1. The van der Waals surface area contributed by atoms with Gasteiger partial charge in [0.05, 0.1) is 6.42 Å². The number of carbonyl (C=O) groups excluding carboxylic acids is 2. The third-order valence-electron chi connectivity index (χ3n) is 4.19. The van der Waals surface area contributed by atoms with Crippen LogP contribution in [0.3, 0.4) is 0 Å². The molecule has 23 heavy (non-hydrogen) atoms. The van der Waals surface area contributed by atoms with Crippen LogP contribution in [-0.2, 0) is 11.2 Å². The van der Waals surface area contributed by atoms with E-state index in [1.807, 2.05) is 55.5 Å². The van der Waals surface area contributed by atoms with Crippen LogP contribution in [0.1, 0.15) is 33.0 Å². The van der Waals surface area contributed by atoms with Gasteiger partial charge < -0.3 is 10.6 Å². The van der Waals surface area contributed by atoms with Gasteiger partial charge in [-0.25, -0.2) is 0 Å². The molecule has 0 saturated carbocycles. The molecule has 2 aromatic rings.